The van der Waals surface area contributed by atoms with Gasteiger partial charge in [0.25, 0.3) is 0 Å². The lowest BCUT2D eigenvalue weighted by Gasteiger charge is -2.17. The smallest absolute Gasteiger partial charge is 0.140 e. The normalized spacial score (nSPS) is 12.5. The van der Waals surface area contributed by atoms with Gasteiger partial charge in [-0.15, -0.1) is 0 Å². The minimum atomic E-state index is 0.534. The first-order chi connectivity index (χ1) is 6.77. The topological polar surface area (TPSA) is 24.9 Å². The maximum absolute atomic E-state index is 4.29. The average molecular weight is 257 g/mol. The second-order valence-corrected chi connectivity index (χ2v) is 4.23. The van der Waals surface area contributed by atoms with Gasteiger partial charge in [-0.2, -0.15) is 0 Å². The van der Waals surface area contributed by atoms with Crippen LogP contribution in [0.3, 0.4) is 0 Å². The second kappa shape index (κ2) is 6.02. The van der Waals surface area contributed by atoms with Crippen LogP contribution >= 0.6 is 15.9 Å². The Kier molecular flexibility index (Phi) is 4.94. The van der Waals surface area contributed by atoms with Crippen LogP contribution in [0.15, 0.2) is 22.8 Å². The average Bonchev–Trinajstić information content (AvgIpc) is 2.20. The molecule has 0 radical (unpaired) electrons. The van der Waals surface area contributed by atoms with Gasteiger partial charge in [0, 0.05) is 12.2 Å². The van der Waals surface area contributed by atoms with E-state index in [9.17, 15) is 0 Å². The van der Waals surface area contributed by atoms with Crippen LogP contribution in [-0.2, 0) is 0 Å². The highest BCUT2D eigenvalue weighted by atomic mass is 79.9. The van der Waals surface area contributed by atoms with Gasteiger partial charge in [-0.1, -0.05) is 20.3 Å². The Balaban J connectivity index is 2.62. The van der Waals surface area contributed by atoms with Crippen LogP contribution < -0.4 is 5.32 Å². The van der Waals surface area contributed by atoms with Crippen molar-refractivity contribution in [1.82, 2.24) is 4.98 Å². The summed E-state index contributed by atoms with van der Waals surface area (Å²) in [4.78, 5) is 4.29. The molecule has 0 aliphatic heterocycles. The van der Waals surface area contributed by atoms with E-state index in [1.807, 2.05) is 18.3 Å². The molecule has 1 heterocycles. The quantitative estimate of drug-likeness (QED) is 0.866. The standard InChI is InChI=1S/C11H17BrN2/c1-3-6-9(4-2)14-11-10(12)7-5-8-13-11/h5,7-9H,3-4,6H2,1-2H3,(H,13,14). The zero-order valence-electron chi connectivity index (χ0n) is 8.76. The van der Waals surface area contributed by atoms with Gasteiger partial charge in [-0.3, -0.25) is 0 Å². The van der Waals surface area contributed by atoms with Crippen molar-refractivity contribution in [2.75, 3.05) is 5.32 Å². The molecule has 1 unspecified atom stereocenters. The van der Waals surface area contributed by atoms with Crippen molar-refractivity contribution >= 4 is 21.7 Å². The molecule has 0 spiro atoms. The Hall–Kier alpha value is -0.570. The number of nitrogens with one attached hydrogen (secondary N) is 1. The van der Waals surface area contributed by atoms with E-state index in [-0.39, 0.29) is 0 Å². The molecule has 0 fully saturated rings. The lowest BCUT2D eigenvalue weighted by atomic mass is 10.1. The molecule has 14 heavy (non-hydrogen) atoms. The van der Waals surface area contributed by atoms with E-state index >= 15 is 0 Å². The van der Waals surface area contributed by atoms with Crippen molar-refractivity contribution in [3.05, 3.63) is 22.8 Å². The summed E-state index contributed by atoms with van der Waals surface area (Å²) in [6.07, 6.45) is 5.35. The third-order valence-electron chi connectivity index (χ3n) is 2.23. The predicted octanol–water partition coefficient (Wildman–Crippen LogP) is 3.83. The maximum Gasteiger partial charge on any atom is 0.140 e. The fourth-order valence-electron chi connectivity index (χ4n) is 1.41. The molecule has 1 atom stereocenters. The van der Waals surface area contributed by atoms with Gasteiger partial charge in [0.2, 0.25) is 0 Å². The number of rotatable bonds is 5. The lowest BCUT2D eigenvalue weighted by Crippen LogP contribution is -2.18. The Morgan fingerprint density at radius 3 is 2.86 bits per heavy atom. The summed E-state index contributed by atoms with van der Waals surface area (Å²) < 4.78 is 1.04. The molecule has 0 saturated heterocycles. The van der Waals surface area contributed by atoms with Crippen molar-refractivity contribution < 1.29 is 0 Å². The maximum atomic E-state index is 4.29. The van der Waals surface area contributed by atoms with Crippen molar-refractivity contribution in [1.29, 1.82) is 0 Å². The first-order valence-corrected chi connectivity index (χ1v) is 5.94. The van der Waals surface area contributed by atoms with Crippen LogP contribution in [-0.4, -0.2) is 11.0 Å². The Morgan fingerprint density at radius 2 is 2.29 bits per heavy atom. The number of aromatic nitrogens is 1. The molecule has 2 nitrogen and oxygen atoms in total. The number of halogens is 1. The van der Waals surface area contributed by atoms with E-state index in [1.54, 1.807) is 0 Å². The van der Waals surface area contributed by atoms with Crippen molar-refractivity contribution in [3.8, 4) is 0 Å². The van der Waals surface area contributed by atoms with Crippen LogP contribution in [0.2, 0.25) is 0 Å². The molecule has 1 rings (SSSR count). The highest BCUT2D eigenvalue weighted by Gasteiger charge is 2.07. The van der Waals surface area contributed by atoms with E-state index in [0.29, 0.717) is 6.04 Å². The summed E-state index contributed by atoms with van der Waals surface area (Å²) in [5, 5.41) is 3.44. The summed E-state index contributed by atoms with van der Waals surface area (Å²) in [5.74, 6) is 0.952. The molecule has 0 bridgehead atoms. The molecule has 1 N–H and O–H groups in total. The third-order valence-corrected chi connectivity index (χ3v) is 2.87. The van der Waals surface area contributed by atoms with Gasteiger partial charge in [0.05, 0.1) is 4.47 Å². The summed E-state index contributed by atoms with van der Waals surface area (Å²) in [5.41, 5.74) is 0. The minimum Gasteiger partial charge on any atom is -0.366 e. The Morgan fingerprint density at radius 1 is 1.50 bits per heavy atom. The van der Waals surface area contributed by atoms with E-state index in [1.165, 1.54) is 12.8 Å². The molecule has 1 aromatic heterocycles. The zero-order chi connectivity index (χ0) is 10.4. The number of nitrogens with zero attached hydrogens (tertiary/aromatic N) is 1. The summed E-state index contributed by atoms with van der Waals surface area (Å²) >= 11 is 3.48. The predicted molar refractivity (Wildman–Crippen MR) is 64.5 cm³/mol. The van der Waals surface area contributed by atoms with Crippen molar-refractivity contribution in [2.45, 2.75) is 39.2 Å². The van der Waals surface area contributed by atoms with E-state index in [2.05, 4.69) is 40.1 Å². The molecule has 0 saturated carbocycles. The molecule has 1 aromatic rings. The van der Waals surface area contributed by atoms with Gasteiger partial charge < -0.3 is 5.32 Å². The number of anilines is 1. The molecule has 0 aliphatic rings. The molecule has 0 aliphatic carbocycles. The monoisotopic (exact) mass is 256 g/mol. The van der Waals surface area contributed by atoms with Gasteiger partial charge in [0.15, 0.2) is 0 Å². The zero-order valence-corrected chi connectivity index (χ0v) is 10.3. The molecule has 3 heteroatoms. The molecule has 78 valence electrons. The summed E-state index contributed by atoms with van der Waals surface area (Å²) in [7, 11) is 0. The van der Waals surface area contributed by atoms with Gasteiger partial charge in [-0.25, -0.2) is 4.98 Å². The fraction of sp³-hybridized carbons (Fsp3) is 0.545. The van der Waals surface area contributed by atoms with Crippen LogP contribution in [0.5, 0.6) is 0 Å². The molecular formula is C11H17BrN2. The summed E-state index contributed by atoms with van der Waals surface area (Å²) in [6.45, 7) is 4.40. The third kappa shape index (κ3) is 3.29. The number of pyridine rings is 1. The lowest BCUT2D eigenvalue weighted by molar-refractivity contribution is 0.620. The Bertz CT molecular complexity index is 276. The number of hydrogen-bond donors (Lipinski definition) is 1. The van der Waals surface area contributed by atoms with E-state index < -0.39 is 0 Å². The second-order valence-electron chi connectivity index (χ2n) is 3.37. The van der Waals surface area contributed by atoms with Crippen LogP contribution in [0.4, 0.5) is 5.82 Å². The van der Waals surface area contributed by atoms with Gasteiger partial charge in [0.1, 0.15) is 5.82 Å². The SMILES string of the molecule is CCCC(CC)Nc1ncccc1Br. The number of hydrogen-bond acceptors (Lipinski definition) is 2. The molecular weight excluding hydrogens is 240 g/mol. The fourth-order valence-corrected chi connectivity index (χ4v) is 1.78. The first kappa shape index (κ1) is 11.5. The van der Waals surface area contributed by atoms with Gasteiger partial charge in [-0.05, 0) is 40.9 Å². The highest BCUT2D eigenvalue weighted by Crippen LogP contribution is 2.20. The van der Waals surface area contributed by atoms with Crippen molar-refractivity contribution in [3.63, 3.8) is 0 Å². The van der Waals surface area contributed by atoms with Crippen molar-refractivity contribution in [2.24, 2.45) is 0 Å². The first-order valence-electron chi connectivity index (χ1n) is 5.15. The summed E-state index contributed by atoms with van der Waals surface area (Å²) in [6, 6.07) is 4.47. The molecule has 0 amide bonds. The van der Waals surface area contributed by atoms with Crippen LogP contribution in [0, 0.1) is 0 Å². The Labute approximate surface area is 94.3 Å². The minimum absolute atomic E-state index is 0.534. The largest absolute Gasteiger partial charge is 0.366 e. The van der Waals surface area contributed by atoms with Gasteiger partial charge >= 0.3 is 0 Å². The van der Waals surface area contributed by atoms with Crippen LogP contribution in [0.1, 0.15) is 33.1 Å². The molecule has 0 aromatic carbocycles. The van der Waals surface area contributed by atoms with E-state index in [0.717, 1.165) is 16.7 Å². The van der Waals surface area contributed by atoms with E-state index in [4.69, 9.17) is 0 Å². The highest BCUT2D eigenvalue weighted by molar-refractivity contribution is 9.10. The van der Waals surface area contributed by atoms with Crippen LogP contribution in [0.25, 0.3) is 0 Å².